The molecule has 4 nitrogen and oxygen atoms in total. The molecule has 0 atom stereocenters. The molecule has 0 heterocycles. The van der Waals surface area contributed by atoms with Crippen LogP contribution in [-0.2, 0) is 13.0 Å². The fourth-order valence-electron chi connectivity index (χ4n) is 2.14. The second-order valence-corrected chi connectivity index (χ2v) is 5.58. The Morgan fingerprint density at radius 1 is 1.20 bits per heavy atom. The Kier molecular flexibility index (Phi) is 9.24. The lowest BCUT2D eigenvalue weighted by Crippen LogP contribution is -2.38. The van der Waals surface area contributed by atoms with Crippen LogP contribution in [0.15, 0.2) is 47.5 Å². The van der Waals surface area contributed by atoms with Crippen molar-refractivity contribution in [1.29, 1.82) is 5.26 Å². The van der Waals surface area contributed by atoms with Crippen molar-refractivity contribution in [3.05, 3.63) is 70.0 Å². The number of halogens is 3. The van der Waals surface area contributed by atoms with Gasteiger partial charge in [-0.15, -0.1) is 24.0 Å². The summed E-state index contributed by atoms with van der Waals surface area (Å²) in [6.45, 7) is 0.981. The van der Waals surface area contributed by atoms with Crippen molar-refractivity contribution in [2.24, 2.45) is 4.99 Å². The molecule has 25 heavy (non-hydrogen) atoms. The van der Waals surface area contributed by atoms with Crippen molar-refractivity contribution in [2.75, 3.05) is 13.6 Å². The van der Waals surface area contributed by atoms with Gasteiger partial charge in [-0.05, 0) is 36.2 Å². The Hall–Kier alpha value is -1.85. The molecule has 2 aromatic carbocycles. The molecule has 132 valence electrons. The molecule has 2 rings (SSSR count). The van der Waals surface area contributed by atoms with Gasteiger partial charge in [0.15, 0.2) is 5.96 Å². The molecule has 0 radical (unpaired) electrons. The Balaban J connectivity index is 0.00000312. The molecule has 2 N–H and O–H groups in total. The van der Waals surface area contributed by atoms with Crippen LogP contribution in [0.25, 0.3) is 0 Å². The van der Waals surface area contributed by atoms with Crippen LogP contribution >= 0.6 is 35.6 Å². The van der Waals surface area contributed by atoms with E-state index in [1.807, 2.05) is 30.3 Å². The van der Waals surface area contributed by atoms with Gasteiger partial charge in [-0.25, -0.2) is 4.39 Å². The van der Waals surface area contributed by atoms with E-state index in [4.69, 9.17) is 16.9 Å². The van der Waals surface area contributed by atoms with Crippen LogP contribution in [0.4, 0.5) is 4.39 Å². The van der Waals surface area contributed by atoms with Crippen LogP contribution < -0.4 is 10.6 Å². The van der Waals surface area contributed by atoms with Gasteiger partial charge in [0, 0.05) is 30.7 Å². The highest BCUT2D eigenvalue weighted by atomic mass is 127. The molecular weight excluding hydrogens is 454 g/mol. The summed E-state index contributed by atoms with van der Waals surface area (Å²) >= 11 is 5.86. The van der Waals surface area contributed by atoms with E-state index in [2.05, 4.69) is 15.6 Å². The SMILES string of the molecule is CN=C(NCCc1ccc(Cl)cc1)NCc1ccc(C#N)cc1F.I. The summed E-state index contributed by atoms with van der Waals surface area (Å²) in [5.74, 6) is 0.186. The number of benzene rings is 2. The highest BCUT2D eigenvalue weighted by Gasteiger charge is 2.05. The summed E-state index contributed by atoms with van der Waals surface area (Å²) in [4.78, 5) is 4.11. The van der Waals surface area contributed by atoms with Gasteiger partial charge < -0.3 is 10.6 Å². The normalized spacial score (nSPS) is 10.6. The third-order valence-corrected chi connectivity index (χ3v) is 3.72. The maximum atomic E-state index is 13.8. The summed E-state index contributed by atoms with van der Waals surface area (Å²) in [5.41, 5.74) is 1.96. The first kappa shape index (κ1) is 21.2. The van der Waals surface area contributed by atoms with Crippen molar-refractivity contribution in [1.82, 2.24) is 10.6 Å². The van der Waals surface area contributed by atoms with Gasteiger partial charge in [-0.2, -0.15) is 5.26 Å². The average Bonchev–Trinajstić information content (AvgIpc) is 2.60. The van der Waals surface area contributed by atoms with Gasteiger partial charge in [0.1, 0.15) is 5.82 Å². The summed E-state index contributed by atoms with van der Waals surface area (Å²) < 4.78 is 13.8. The van der Waals surface area contributed by atoms with Crippen molar-refractivity contribution in [2.45, 2.75) is 13.0 Å². The van der Waals surface area contributed by atoms with Gasteiger partial charge in [-0.1, -0.05) is 29.8 Å². The number of guanidine groups is 1. The van der Waals surface area contributed by atoms with Gasteiger partial charge >= 0.3 is 0 Å². The maximum Gasteiger partial charge on any atom is 0.191 e. The minimum Gasteiger partial charge on any atom is -0.356 e. The average molecular weight is 473 g/mol. The Bertz CT molecular complexity index is 757. The van der Waals surface area contributed by atoms with Crippen LogP contribution in [0.1, 0.15) is 16.7 Å². The number of nitriles is 1. The first-order chi connectivity index (χ1) is 11.6. The monoisotopic (exact) mass is 472 g/mol. The molecule has 0 amide bonds. The number of rotatable bonds is 5. The van der Waals surface area contributed by atoms with Crippen molar-refractivity contribution in [3.8, 4) is 6.07 Å². The number of hydrogen-bond acceptors (Lipinski definition) is 2. The highest BCUT2D eigenvalue weighted by molar-refractivity contribution is 14.0. The summed E-state index contributed by atoms with van der Waals surface area (Å²) in [5, 5.41) is 15.7. The van der Waals surface area contributed by atoms with Crippen LogP contribution in [0.3, 0.4) is 0 Å². The van der Waals surface area contributed by atoms with Crippen LogP contribution in [0.5, 0.6) is 0 Å². The standard InChI is InChI=1S/C18H18ClFN4.HI/c1-22-18(23-9-8-13-3-6-16(19)7-4-13)24-12-15-5-2-14(11-21)10-17(15)20;/h2-7,10H,8-9,12H2,1H3,(H2,22,23,24);1H. The third kappa shape index (κ3) is 6.88. The lowest BCUT2D eigenvalue weighted by atomic mass is 10.1. The molecule has 0 bridgehead atoms. The molecule has 0 saturated heterocycles. The van der Waals surface area contributed by atoms with Crippen molar-refractivity contribution in [3.63, 3.8) is 0 Å². The van der Waals surface area contributed by atoms with E-state index >= 15 is 0 Å². The van der Waals surface area contributed by atoms with E-state index in [1.165, 1.54) is 11.6 Å². The predicted octanol–water partition coefficient (Wildman–Crippen LogP) is 3.88. The van der Waals surface area contributed by atoms with Gasteiger partial charge in [0.25, 0.3) is 0 Å². The molecular formula is C18H19ClFIN4. The summed E-state index contributed by atoms with van der Waals surface area (Å²) in [6, 6.07) is 14.0. The van der Waals surface area contributed by atoms with E-state index in [0.717, 1.165) is 6.42 Å². The van der Waals surface area contributed by atoms with Crippen LogP contribution in [0, 0.1) is 17.1 Å². The quantitative estimate of drug-likeness (QED) is 0.394. The second kappa shape index (κ2) is 10.9. The van der Waals surface area contributed by atoms with E-state index in [-0.39, 0.29) is 30.5 Å². The fourth-order valence-corrected chi connectivity index (χ4v) is 2.26. The van der Waals surface area contributed by atoms with Gasteiger partial charge in [-0.3, -0.25) is 4.99 Å². The predicted molar refractivity (Wildman–Crippen MR) is 110 cm³/mol. The van der Waals surface area contributed by atoms with E-state index in [9.17, 15) is 4.39 Å². The fraction of sp³-hybridized carbons (Fsp3) is 0.222. The lowest BCUT2D eigenvalue weighted by molar-refractivity contribution is 0.604. The van der Waals surface area contributed by atoms with Crippen LogP contribution in [-0.4, -0.2) is 19.6 Å². The zero-order chi connectivity index (χ0) is 17.4. The van der Waals surface area contributed by atoms with E-state index in [1.54, 1.807) is 19.2 Å². The first-order valence-electron chi connectivity index (χ1n) is 7.50. The number of nitrogens with zero attached hydrogens (tertiary/aromatic N) is 2. The lowest BCUT2D eigenvalue weighted by Gasteiger charge is -2.12. The van der Waals surface area contributed by atoms with Crippen LogP contribution in [0.2, 0.25) is 5.02 Å². The smallest absolute Gasteiger partial charge is 0.191 e. The molecule has 0 aliphatic rings. The minimum absolute atomic E-state index is 0. The molecule has 0 aliphatic carbocycles. The van der Waals surface area contributed by atoms with E-state index in [0.29, 0.717) is 28.7 Å². The molecule has 0 fully saturated rings. The zero-order valence-electron chi connectivity index (χ0n) is 13.7. The van der Waals surface area contributed by atoms with Gasteiger partial charge in [0.05, 0.1) is 11.6 Å². The summed E-state index contributed by atoms with van der Waals surface area (Å²) in [6.07, 6.45) is 0.823. The molecule has 0 spiro atoms. The summed E-state index contributed by atoms with van der Waals surface area (Å²) in [7, 11) is 1.66. The molecule has 0 aromatic heterocycles. The zero-order valence-corrected chi connectivity index (χ0v) is 16.8. The largest absolute Gasteiger partial charge is 0.356 e. The number of aliphatic imine (C=N–C) groups is 1. The highest BCUT2D eigenvalue weighted by Crippen LogP contribution is 2.10. The topological polar surface area (TPSA) is 60.2 Å². The van der Waals surface area contributed by atoms with Crippen molar-refractivity contribution >= 4 is 41.5 Å². The Labute approximate surface area is 169 Å². The molecule has 7 heteroatoms. The number of hydrogen-bond donors (Lipinski definition) is 2. The minimum atomic E-state index is -0.404. The van der Waals surface area contributed by atoms with E-state index < -0.39 is 5.82 Å². The molecule has 0 unspecified atom stereocenters. The second-order valence-electron chi connectivity index (χ2n) is 5.15. The Morgan fingerprint density at radius 2 is 1.92 bits per heavy atom. The number of nitrogens with one attached hydrogen (secondary N) is 2. The first-order valence-corrected chi connectivity index (χ1v) is 7.87. The molecule has 2 aromatic rings. The maximum absolute atomic E-state index is 13.8. The Morgan fingerprint density at radius 3 is 2.52 bits per heavy atom. The van der Waals surface area contributed by atoms with Gasteiger partial charge in [0.2, 0.25) is 0 Å². The molecule has 0 aliphatic heterocycles. The van der Waals surface area contributed by atoms with Crippen molar-refractivity contribution < 1.29 is 4.39 Å². The molecule has 0 saturated carbocycles. The third-order valence-electron chi connectivity index (χ3n) is 3.47.